The maximum absolute atomic E-state index is 9.57. The normalized spacial score (nSPS) is 20.4. The van der Waals surface area contributed by atoms with Crippen LogP contribution in [0.5, 0.6) is 0 Å². The number of benzene rings is 1. The Bertz CT molecular complexity index is 566. The highest BCUT2D eigenvalue weighted by atomic mass is 32.1. The molecule has 90 valence electrons. The van der Waals surface area contributed by atoms with Crippen molar-refractivity contribution < 1.29 is 5.11 Å². The summed E-state index contributed by atoms with van der Waals surface area (Å²) >= 11 is 1.66. The third-order valence-electron chi connectivity index (χ3n) is 3.15. The van der Waals surface area contributed by atoms with Crippen LogP contribution in [-0.4, -0.2) is 29.3 Å². The van der Waals surface area contributed by atoms with Crippen molar-refractivity contribution in [1.82, 2.24) is 4.98 Å². The second kappa shape index (κ2) is 3.85. The predicted octanol–water partition coefficient (Wildman–Crippen LogP) is 1.76. The summed E-state index contributed by atoms with van der Waals surface area (Å²) in [6.45, 7) is 3.53. The van der Waals surface area contributed by atoms with Gasteiger partial charge in [0.05, 0.1) is 32.7 Å². The van der Waals surface area contributed by atoms with Gasteiger partial charge in [-0.2, -0.15) is 0 Å². The Kier molecular flexibility index (Phi) is 2.45. The number of nitrogens with two attached hydrogens (primary N) is 1. The van der Waals surface area contributed by atoms with Gasteiger partial charge in [0.1, 0.15) is 0 Å². The van der Waals surface area contributed by atoms with Crippen molar-refractivity contribution in [2.75, 3.05) is 23.7 Å². The van der Waals surface area contributed by atoms with E-state index in [2.05, 4.69) is 9.88 Å². The molecule has 1 aromatic heterocycles. The van der Waals surface area contributed by atoms with Gasteiger partial charge in [-0.25, -0.2) is 4.98 Å². The molecular weight excluding hydrogens is 234 g/mol. The largest absolute Gasteiger partial charge is 0.397 e. The van der Waals surface area contributed by atoms with Crippen molar-refractivity contribution in [3.8, 4) is 0 Å². The lowest BCUT2D eigenvalue weighted by Gasteiger charge is -2.19. The SMILES string of the molecule is Cc1nc2cc(N3CCC(O)C3)c(N)cc2s1. The van der Waals surface area contributed by atoms with Gasteiger partial charge < -0.3 is 15.7 Å². The first-order chi connectivity index (χ1) is 8.13. The fourth-order valence-corrected chi connectivity index (χ4v) is 3.19. The van der Waals surface area contributed by atoms with Gasteiger partial charge >= 0.3 is 0 Å². The maximum Gasteiger partial charge on any atom is 0.0907 e. The quantitative estimate of drug-likeness (QED) is 0.756. The van der Waals surface area contributed by atoms with Gasteiger partial charge in [-0.1, -0.05) is 0 Å². The number of β-amino-alcohol motifs (C(OH)–C–C–N with tert-alkyl or cyclic N) is 1. The molecule has 4 nitrogen and oxygen atoms in total. The van der Waals surface area contributed by atoms with E-state index < -0.39 is 0 Å². The van der Waals surface area contributed by atoms with Crippen molar-refractivity contribution in [3.05, 3.63) is 17.1 Å². The lowest BCUT2D eigenvalue weighted by molar-refractivity contribution is 0.198. The second-order valence-corrected chi connectivity index (χ2v) is 5.73. The number of hydrogen-bond acceptors (Lipinski definition) is 5. The Morgan fingerprint density at radius 1 is 1.53 bits per heavy atom. The summed E-state index contributed by atoms with van der Waals surface area (Å²) in [4.78, 5) is 6.61. The molecule has 1 aliphatic heterocycles. The average molecular weight is 249 g/mol. The fraction of sp³-hybridized carbons (Fsp3) is 0.417. The molecule has 3 rings (SSSR count). The molecule has 0 aliphatic carbocycles. The van der Waals surface area contributed by atoms with E-state index in [0.29, 0.717) is 6.54 Å². The van der Waals surface area contributed by atoms with E-state index >= 15 is 0 Å². The average Bonchev–Trinajstić information content (AvgIpc) is 2.82. The fourth-order valence-electron chi connectivity index (χ4n) is 2.33. The number of aromatic nitrogens is 1. The molecule has 0 saturated carbocycles. The maximum atomic E-state index is 9.57. The van der Waals surface area contributed by atoms with Crippen molar-refractivity contribution >= 4 is 32.9 Å². The van der Waals surface area contributed by atoms with Crippen LogP contribution in [0.2, 0.25) is 0 Å². The van der Waals surface area contributed by atoms with Gasteiger partial charge in [-0.15, -0.1) is 11.3 Å². The van der Waals surface area contributed by atoms with Gasteiger partial charge in [0.15, 0.2) is 0 Å². The highest BCUT2D eigenvalue weighted by Crippen LogP contribution is 2.33. The molecule has 0 radical (unpaired) electrons. The molecule has 17 heavy (non-hydrogen) atoms. The van der Waals surface area contributed by atoms with Gasteiger partial charge in [0.2, 0.25) is 0 Å². The van der Waals surface area contributed by atoms with Crippen LogP contribution in [0.1, 0.15) is 11.4 Å². The van der Waals surface area contributed by atoms with Gasteiger partial charge in [0, 0.05) is 13.1 Å². The number of nitrogen functional groups attached to an aromatic ring is 1. The smallest absolute Gasteiger partial charge is 0.0907 e. The molecule has 1 atom stereocenters. The molecule has 1 saturated heterocycles. The van der Waals surface area contributed by atoms with Crippen molar-refractivity contribution in [2.24, 2.45) is 0 Å². The van der Waals surface area contributed by atoms with Gasteiger partial charge in [0.25, 0.3) is 0 Å². The van der Waals surface area contributed by atoms with Crippen molar-refractivity contribution in [1.29, 1.82) is 0 Å². The first-order valence-electron chi connectivity index (χ1n) is 5.73. The number of nitrogens with zero attached hydrogens (tertiary/aromatic N) is 2. The molecule has 2 heterocycles. The number of aliphatic hydroxyl groups is 1. The summed E-state index contributed by atoms with van der Waals surface area (Å²) < 4.78 is 1.13. The van der Waals surface area contributed by atoms with Crippen molar-refractivity contribution in [3.63, 3.8) is 0 Å². The zero-order valence-corrected chi connectivity index (χ0v) is 10.5. The number of rotatable bonds is 1. The predicted molar refractivity (Wildman–Crippen MR) is 71.6 cm³/mol. The van der Waals surface area contributed by atoms with Crippen LogP contribution >= 0.6 is 11.3 Å². The molecule has 1 unspecified atom stereocenters. The molecule has 2 aromatic rings. The molecule has 1 aliphatic rings. The summed E-state index contributed by atoms with van der Waals surface area (Å²) in [5, 5.41) is 10.6. The Hall–Kier alpha value is -1.33. The zero-order valence-electron chi connectivity index (χ0n) is 9.68. The Morgan fingerprint density at radius 2 is 2.35 bits per heavy atom. The van der Waals surface area contributed by atoms with Crippen LogP contribution in [0, 0.1) is 6.92 Å². The summed E-state index contributed by atoms with van der Waals surface area (Å²) in [7, 11) is 0. The number of aliphatic hydroxyl groups excluding tert-OH is 1. The minimum Gasteiger partial charge on any atom is -0.397 e. The molecule has 1 fully saturated rings. The van der Waals surface area contributed by atoms with E-state index in [9.17, 15) is 5.11 Å². The molecule has 1 aromatic carbocycles. The molecule has 0 bridgehead atoms. The topological polar surface area (TPSA) is 62.4 Å². The summed E-state index contributed by atoms with van der Waals surface area (Å²) in [5.74, 6) is 0. The second-order valence-electron chi connectivity index (χ2n) is 4.50. The zero-order chi connectivity index (χ0) is 12.0. The van der Waals surface area contributed by atoms with Gasteiger partial charge in [-0.05, 0) is 25.5 Å². The standard InChI is InChI=1S/C12H15N3OS/c1-7-14-10-5-11(9(13)4-12(10)17-7)15-3-2-8(16)6-15/h4-5,8,16H,2-3,6,13H2,1H3. The molecular formula is C12H15N3OS. The van der Waals surface area contributed by atoms with Crippen molar-refractivity contribution in [2.45, 2.75) is 19.4 Å². The van der Waals surface area contributed by atoms with Crippen LogP contribution in [0.4, 0.5) is 11.4 Å². The number of fused-ring (bicyclic) bond motifs is 1. The number of aryl methyl sites for hydroxylation is 1. The number of anilines is 2. The Morgan fingerprint density at radius 3 is 3.06 bits per heavy atom. The van der Waals surface area contributed by atoms with E-state index in [1.165, 1.54) is 0 Å². The van der Waals surface area contributed by atoms with E-state index in [-0.39, 0.29) is 6.10 Å². The van der Waals surface area contributed by atoms with E-state index in [1.807, 2.05) is 19.1 Å². The molecule has 5 heteroatoms. The van der Waals surface area contributed by atoms with Crippen LogP contribution in [-0.2, 0) is 0 Å². The van der Waals surface area contributed by atoms with Gasteiger partial charge in [-0.3, -0.25) is 0 Å². The number of thiazole rings is 1. The molecule has 3 N–H and O–H groups in total. The highest BCUT2D eigenvalue weighted by molar-refractivity contribution is 7.18. The monoisotopic (exact) mass is 249 g/mol. The first-order valence-corrected chi connectivity index (χ1v) is 6.55. The van der Waals surface area contributed by atoms with Crippen LogP contribution in [0.3, 0.4) is 0 Å². The molecule has 0 spiro atoms. The summed E-state index contributed by atoms with van der Waals surface area (Å²) in [5.41, 5.74) is 8.85. The van der Waals surface area contributed by atoms with E-state index in [4.69, 9.17) is 5.73 Å². The van der Waals surface area contributed by atoms with Crippen LogP contribution in [0.15, 0.2) is 12.1 Å². The Balaban J connectivity index is 2.06. The van der Waals surface area contributed by atoms with E-state index in [1.54, 1.807) is 11.3 Å². The third kappa shape index (κ3) is 1.85. The Labute approximate surface area is 104 Å². The third-order valence-corrected chi connectivity index (χ3v) is 4.08. The van der Waals surface area contributed by atoms with Crippen LogP contribution in [0.25, 0.3) is 10.2 Å². The number of hydrogen-bond donors (Lipinski definition) is 2. The minimum absolute atomic E-state index is 0.234. The highest BCUT2D eigenvalue weighted by Gasteiger charge is 2.22. The first kappa shape index (κ1) is 10.8. The summed E-state index contributed by atoms with van der Waals surface area (Å²) in [6.07, 6.45) is 0.579. The van der Waals surface area contributed by atoms with Crippen LogP contribution < -0.4 is 10.6 Å². The lowest BCUT2D eigenvalue weighted by atomic mass is 10.2. The lowest BCUT2D eigenvalue weighted by Crippen LogP contribution is -2.22. The minimum atomic E-state index is -0.234. The molecule has 0 amide bonds. The summed E-state index contributed by atoms with van der Waals surface area (Å²) in [6, 6.07) is 4.02. The van der Waals surface area contributed by atoms with E-state index in [0.717, 1.165) is 39.6 Å².